The number of carboxylic acid groups (broad SMARTS) is 1. The van der Waals surface area contributed by atoms with Gasteiger partial charge in [-0.1, -0.05) is 42.5 Å². The molecule has 2 heterocycles. The molecule has 1 N–H and O–H groups in total. The first-order valence-electron chi connectivity index (χ1n) is 9.47. The van der Waals surface area contributed by atoms with Crippen LogP contribution in [-0.4, -0.2) is 55.2 Å². The van der Waals surface area contributed by atoms with Gasteiger partial charge in [-0.05, 0) is 46.5 Å². The van der Waals surface area contributed by atoms with Crippen LogP contribution in [0.25, 0.3) is 5.69 Å². The van der Waals surface area contributed by atoms with E-state index >= 15 is 0 Å². The van der Waals surface area contributed by atoms with E-state index in [2.05, 4.69) is 15.5 Å². The first kappa shape index (κ1) is 18.8. The van der Waals surface area contributed by atoms with Gasteiger partial charge in [-0.3, -0.25) is 9.59 Å². The van der Waals surface area contributed by atoms with Crippen molar-refractivity contribution in [3.8, 4) is 5.69 Å². The number of piperidine rings is 1. The van der Waals surface area contributed by atoms with Gasteiger partial charge in [0.1, 0.15) is 6.33 Å². The number of carbonyl (C=O) groups is 2. The topological polar surface area (TPSA) is 101 Å². The quantitative estimate of drug-likeness (QED) is 0.712. The Kier molecular flexibility index (Phi) is 5.07. The number of nitrogens with zero attached hydrogens (tertiary/aromatic N) is 5. The number of carbonyl (C=O) groups excluding carboxylic acids is 1. The van der Waals surface area contributed by atoms with Crippen molar-refractivity contribution in [2.24, 2.45) is 0 Å². The van der Waals surface area contributed by atoms with Gasteiger partial charge in [0.15, 0.2) is 0 Å². The number of benzene rings is 2. The second kappa shape index (κ2) is 7.83. The number of rotatable bonds is 5. The summed E-state index contributed by atoms with van der Waals surface area (Å²) in [4.78, 5) is 26.6. The van der Waals surface area contributed by atoms with Crippen LogP contribution in [0.3, 0.4) is 0 Å². The Morgan fingerprint density at radius 3 is 2.28 bits per heavy atom. The van der Waals surface area contributed by atoms with Gasteiger partial charge < -0.3 is 10.0 Å². The maximum Gasteiger partial charge on any atom is 0.314 e. The molecule has 0 unspecified atom stereocenters. The average Bonchev–Trinajstić information content (AvgIpc) is 3.30. The van der Waals surface area contributed by atoms with Crippen LogP contribution < -0.4 is 0 Å². The van der Waals surface area contributed by atoms with Gasteiger partial charge in [0.25, 0.3) is 0 Å². The highest BCUT2D eigenvalue weighted by Gasteiger charge is 2.43. The fourth-order valence-electron chi connectivity index (χ4n) is 3.85. The lowest BCUT2D eigenvalue weighted by Crippen LogP contribution is -2.49. The summed E-state index contributed by atoms with van der Waals surface area (Å²) in [5, 5.41) is 20.9. The van der Waals surface area contributed by atoms with Crippen LogP contribution in [0, 0.1) is 0 Å². The first-order valence-corrected chi connectivity index (χ1v) is 9.47. The number of tetrazole rings is 1. The molecule has 3 aromatic rings. The van der Waals surface area contributed by atoms with Crippen LogP contribution in [0.1, 0.15) is 24.0 Å². The van der Waals surface area contributed by atoms with Gasteiger partial charge in [0.05, 0.1) is 17.5 Å². The molecule has 8 nitrogen and oxygen atoms in total. The summed E-state index contributed by atoms with van der Waals surface area (Å²) in [7, 11) is 0. The summed E-state index contributed by atoms with van der Waals surface area (Å²) >= 11 is 0. The Bertz CT molecular complexity index is 979. The van der Waals surface area contributed by atoms with E-state index in [1.807, 2.05) is 54.6 Å². The molecule has 1 amide bonds. The number of likely N-dealkylation sites (tertiary alicyclic amines) is 1. The second-order valence-corrected chi connectivity index (χ2v) is 7.23. The van der Waals surface area contributed by atoms with Crippen molar-refractivity contribution in [3.63, 3.8) is 0 Å². The number of carboxylic acids is 1. The number of amides is 1. The third-order valence-electron chi connectivity index (χ3n) is 5.61. The summed E-state index contributed by atoms with van der Waals surface area (Å²) in [6.07, 6.45) is 2.61. The molecule has 4 rings (SSSR count). The lowest BCUT2D eigenvalue weighted by atomic mass is 9.73. The summed E-state index contributed by atoms with van der Waals surface area (Å²) in [5.41, 5.74) is 1.59. The molecule has 1 saturated heterocycles. The fraction of sp³-hybridized carbons (Fsp3) is 0.286. The van der Waals surface area contributed by atoms with E-state index in [0.717, 1.165) is 16.8 Å². The summed E-state index contributed by atoms with van der Waals surface area (Å²) in [6.45, 7) is 0.867. The van der Waals surface area contributed by atoms with Crippen LogP contribution in [0.2, 0.25) is 0 Å². The molecule has 8 heteroatoms. The molecule has 0 atom stereocenters. The van der Waals surface area contributed by atoms with Gasteiger partial charge in [0.2, 0.25) is 5.91 Å². The number of aliphatic carboxylic acids is 1. The molecule has 1 aromatic heterocycles. The van der Waals surface area contributed by atoms with Crippen molar-refractivity contribution in [3.05, 3.63) is 72.1 Å². The molecule has 29 heavy (non-hydrogen) atoms. The third-order valence-corrected chi connectivity index (χ3v) is 5.61. The van der Waals surface area contributed by atoms with Gasteiger partial charge in [0, 0.05) is 13.1 Å². The Balaban J connectivity index is 1.40. The van der Waals surface area contributed by atoms with Crippen molar-refractivity contribution >= 4 is 11.9 Å². The van der Waals surface area contributed by atoms with Crippen LogP contribution in [0.15, 0.2) is 60.9 Å². The molecular weight excluding hydrogens is 370 g/mol. The van der Waals surface area contributed by atoms with Crippen molar-refractivity contribution in [1.82, 2.24) is 25.1 Å². The third kappa shape index (κ3) is 3.73. The molecule has 2 aromatic carbocycles. The highest BCUT2D eigenvalue weighted by Crippen LogP contribution is 2.36. The molecule has 0 saturated carbocycles. The molecule has 148 valence electrons. The minimum Gasteiger partial charge on any atom is -0.481 e. The molecule has 1 fully saturated rings. The zero-order chi connectivity index (χ0) is 20.3. The number of aromatic nitrogens is 4. The van der Waals surface area contributed by atoms with Crippen LogP contribution in [0.4, 0.5) is 0 Å². The summed E-state index contributed by atoms with van der Waals surface area (Å²) in [5.74, 6) is -0.818. The lowest BCUT2D eigenvalue weighted by molar-refractivity contribution is -0.148. The number of hydrogen-bond donors (Lipinski definition) is 1. The van der Waals surface area contributed by atoms with E-state index in [1.54, 1.807) is 9.58 Å². The summed E-state index contributed by atoms with van der Waals surface area (Å²) < 4.78 is 1.55. The van der Waals surface area contributed by atoms with Crippen LogP contribution >= 0.6 is 0 Å². The number of hydrogen-bond acceptors (Lipinski definition) is 5. The molecule has 1 aliphatic heterocycles. The minimum absolute atomic E-state index is 0.00669. The highest BCUT2D eigenvalue weighted by atomic mass is 16.4. The fourth-order valence-corrected chi connectivity index (χ4v) is 3.85. The molecule has 0 aliphatic carbocycles. The van der Waals surface area contributed by atoms with E-state index in [4.69, 9.17) is 0 Å². The lowest BCUT2D eigenvalue weighted by Gasteiger charge is -2.39. The van der Waals surface area contributed by atoms with Crippen molar-refractivity contribution < 1.29 is 14.7 Å². The maximum atomic E-state index is 12.7. The van der Waals surface area contributed by atoms with Crippen molar-refractivity contribution in [1.29, 1.82) is 0 Å². The Morgan fingerprint density at radius 2 is 1.69 bits per heavy atom. The van der Waals surface area contributed by atoms with Crippen LogP contribution in [-0.2, 0) is 21.4 Å². The minimum atomic E-state index is -0.925. The van der Waals surface area contributed by atoms with Crippen molar-refractivity contribution in [2.45, 2.75) is 24.7 Å². The van der Waals surface area contributed by atoms with Crippen molar-refractivity contribution in [2.75, 3.05) is 13.1 Å². The Labute approximate surface area is 167 Å². The predicted molar refractivity (Wildman–Crippen MR) is 104 cm³/mol. The largest absolute Gasteiger partial charge is 0.481 e. The second-order valence-electron chi connectivity index (χ2n) is 7.23. The molecule has 0 bridgehead atoms. The smallest absolute Gasteiger partial charge is 0.314 e. The maximum absolute atomic E-state index is 12.7. The van der Waals surface area contributed by atoms with E-state index in [1.165, 1.54) is 6.33 Å². The first-order chi connectivity index (χ1) is 14.1. The Hall–Kier alpha value is -3.55. The van der Waals surface area contributed by atoms with Gasteiger partial charge in [-0.25, -0.2) is 4.68 Å². The zero-order valence-electron chi connectivity index (χ0n) is 15.8. The van der Waals surface area contributed by atoms with E-state index in [9.17, 15) is 14.7 Å². The Morgan fingerprint density at radius 1 is 1.00 bits per heavy atom. The van der Waals surface area contributed by atoms with E-state index in [-0.39, 0.29) is 12.3 Å². The molecular formula is C21H21N5O3. The average molecular weight is 391 g/mol. The van der Waals surface area contributed by atoms with Gasteiger partial charge in [-0.2, -0.15) is 0 Å². The highest BCUT2D eigenvalue weighted by molar-refractivity contribution is 5.83. The van der Waals surface area contributed by atoms with Crippen LogP contribution in [0.5, 0.6) is 0 Å². The molecule has 1 aliphatic rings. The summed E-state index contributed by atoms with van der Waals surface area (Å²) in [6, 6.07) is 16.8. The standard InChI is InChI=1S/C21H21N5O3/c27-19(14-16-6-8-18(9-7-16)26-15-22-23-24-26)25-12-10-21(11-13-25,20(28)29)17-4-2-1-3-5-17/h1-9,15H,10-14H2,(H,28,29). The van der Waals surface area contributed by atoms with Gasteiger partial charge >= 0.3 is 5.97 Å². The van der Waals surface area contributed by atoms with E-state index in [0.29, 0.717) is 25.9 Å². The SMILES string of the molecule is O=C(Cc1ccc(-n2cnnn2)cc1)N1CCC(C(=O)O)(c2ccccc2)CC1. The zero-order valence-corrected chi connectivity index (χ0v) is 15.8. The van der Waals surface area contributed by atoms with Gasteiger partial charge in [-0.15, -0.1) is 5.10 Å². The monoisotopic (exact) mass is 391 g/mol. The normalized spacial score (nSPS) is 15.8. The van der Waals surface area contributed by atoms with E-state index < -0.39 is 11.4 Å². The molecule has 0 radical (unpaired) electrons. The molecule has 0 spiro atoms. The predicted octanol–water partition coefficient (Wildman–Crippen LogP) is 1.85.